The molecule has 1 unspecified atom stereocenters. The molecule has 0 aliphatic rings. The Morgan fingerprint density at radius 1 is 1.13 bits per heavy atom. The molecule has 116 valence electrons. The second kappa shape index (κ2) is 7.47. The Labute approximate surface area is 147 Å². The first-order chi connectivity index (χ1) is 11.0. The predicted molar refractivity (Wildman–Crippen MR) is 87.1 cm³/mol. The van der Waals surface area contributed by atoms with Gasteiger partial charge in [0.25, 0.3) is 0 Å². The van der Waals surface area contributed by atoms with Gasteiger partial charge in [0.1, 0.15) is 5.75 Å². The Kier molecular flexibility index (Phi) is 5.62. The van der Waals surface area contributed by atoms with Crippen molar-refractivity contribution in [2.24, 2.45) is 0 Å². The van der Waals surface area contributed by atoms with E-state index in [1.165, 1.54) is 12.1 Å². The Hall–Kier alpha value is -2.06. The molecule has 0 aliphatic carbocycles. The van der Waals surface area contributed by atoms with Crippen molar-refractivity contribution < 1.29 is 14.3 Å². The van der Waals surface area contributed by atoms with Crippen LogP contribution in [0.15, 0.2) is 36.4 Å². The van der Waals surface area contributed by atoms with Crippen LogP contribution in [0.1, 0.15) is 17.0 Å². The molecule has 2 aromatic carbocycles. The number of aldehydes is 1. The average Bonchev–Trinajstić information content (AvgIpc) is 2.52. The van der Waals surface area contributed by atoms with Crippen LogP contribution in [-0.4, -0.2) is 12.3 Å². The number of nitriles is 1. The number of ether oxygens (including phenoxy) is 1. The minimum Gasteiger partial charge on any atom is -0.421 e. The van der Waals surface area contributed by atoms with Gasteiger partial charge in [-0.2, -0.15) is 5.26 Å². The van der Waals surface area contributed by atoms with Crippen molar-refractivity contribution in [3.05, 3.63) is 62.6 Å². The number of nitrogens with zero attached hydrogens (tertiary/aromatic N) is 1. The fourth-order valence-electron chi connectivity index (χ4n) is 2.00. The zero-order valence-corrected chi connectivity index (χ0v) is 13.7. The van der Waals surface area contributed by atoms with E-state index in [0.29, 0.717) is 16.1 Å². The fraction of sp³-hybridized carbons (Fsp3) is 0.0625. The normalized spacial score (nSPS) is 11.4. The number of hydrogen-bond acceptors (Lipinski definition) is 4. The molecule has 7 heteroatoms. The molecule has 0 N–H and O–H groups in total. The van der Waals surface area contributed by atoms with E-state index in [2.05, 4.69) is 6.07 Å². The summed E-state index contributed by atoms with van der Waals surface area (Å²) in [6, 6.07) is 11.5. The molecule has 0 bridgehead atoms. The maximum Gasteiger partial charge on any atom is 0.376 e. The second-order valence-electron chi connectivity index (χ2n) is 4.45. The van der Waals surface area contributed by atoms with Gasteiger partial charge in [-0.1, -0.05) is 46.9 Å². The van der Waals surface area contributed by atoms with Crippen LogP contribution in [0.4, 0.5) is 0 Å². The smallest absolute Gasteiger partial charge is 0.376 e. The van der Waals surface area contributed by atoms with E-state index in [9.17, 15) is 14.9 Å². The van der Waals surface area contributed by atoms with E-state index in [0.717, 1.165) is 0 Å². The minimum atomic E-state index is -1.07. The van der Waals surface area contributed by atoms with Crippen LogP contribution in [0.25, 0.3) is 0 Å². The third-order valence-electron chi connectivity index (χ3n) is 2.99. The van der Waals surface area contributed by atoms with E-state index >= 15 is 0 Å². The molecule has 0 fully saturated rings. The van der Waals surface area contributed by atoms with E-state index in [1.54, 1.807) is 24.3 Å². The lowest BCUT2D eigenvalue weighted by molar-refractivity contribution is -0.141. The molecule has 0 saturated carbocycles. The molecule has 0 saturated heterocycles. The van der Waals surface area contributed by atoms with Gasteiger partial charge in [0, 0.05) is 10.6 Å². The van der Waals surface area contributed by atoms with E-state index in [4.69, 9.17) is 39.5 Å². The standard InChI is InChI=1S/C16H8Cl3NO3/c17-10-3-1-9(2-4-10)12(7-20)16-13(18)5-11(6-14(16)19)23-15(22)8-21/h1-6,8,12H. The molecular formula is C16H8Cl3NO3. The van der Waals surface area contributed by atoms with Gasteiger partial charge in [-0.15, -0.1) is 0 Å². The zero-order chi connectivity index (χ0) is 17.0. The Balaban J connectivity index is 2.45. The van der Waals surface area contributed by atoms with Crippen LogP contribution in [0.5, 0.6) is 5.75 Å². The van der Waals surface area contributed by atoms with Crippen molar-refractivity contribution in [3.63, 3.8) is 0 Å². The van der Waals surface area contributed by atoms with Gasteiger partial charge < -0.3 is 4.74 Å². The second-order valence-corrected chi connectivity index (χ2v) is 5.70. The fourth-order valence-corrected chi connectivity index (χ4v) is 2.81. The number of rotatable bonds is 4. The molecule has 0 aliphatic heterocycles. The lowest BCUT2D eigenvalue weighted by Gasteiger charge is -2.15. The number of carbonyl (C=O) groups excluding carboxylic acids is 2. The lowest BCUT2D eigenvalue weighted by atomic mass is 9.92. The molecule has 1 atom stereocenters. The summed E-state index contributed by atoms with van der Waals surface area (Å²) in [5, 5.41) is 10.3. The highest BCUT2D eigenvalue weighted by Gasteiger charge is 2.21. The van der Waals surface area contributed by atoms with Gasteiger partial charge in [-0.25, -0.2) is 4.79 Å². The highest BCUT2D eigenvalue weighted by molar-refractivity contribution is 6.36. The van der Waals surface area contributed by atoms with Crippen LogP contribution in [0.2, 0.25) is 15.1 Å². The summed E-state index contributed by atoms with van der Waals surface area (Å²) in [5.41, 5.74) is 1.04. The third-order valence-corrected chi connectivity index (χ3v) is 3.87. The van der Waals surface area contributed by atoms with Gasteiger partial charge in [0.15, 0.2) is 0 Å². The molecular weight excluding hydrogens is 361 g/mol. The van der Waals surface area contributed by atoms with Crippen LogP contribution in [0, 0.1) is 11.3 Å². The van der Waals surface area contributed by atoms with E-state index in [1.807, 2.05) is 0 Å². The van der Waals surface area contributed by atoms with Gasteiger partial charge in [-0.3, -0.25) is 4.79 Å². The first-order valence-corrected chi connectivity index (χ1v) is 7.40. The predicted octanol–water partition coefficient (Wildman–Crippen LogP) is 4.41. The highest BCUT2D eigenvalue weighted by Crippen LogP contribution is 2.38. The van der Waals surface area contributed by atoms with Crippen molar-refractivity contribution in [2.45, 2.75) is 5.92 Å². The minimum absolute atomic E-state index is 0.0219. The summed E-state index contributed by atoms with van der Waals surface area (Å²) in [7, 11) is 0. The monoisotopic (exact) mass is 367 g/mol. The van der Waals surface area contributed by atoms with Gasteiger partial charge in [-0.05, 0) is 29.8 Å². The first-order valence-electron chi connectivity index (χ1n) is 6.27. The first kappa shape index (κ1) is 17.3. The molecule has 0 amide bonds. The van der Waals surface area contributed by atoms with Crippen LogP contribution in [-0.2, 0) is 9.59 Å². The summed E-state index contributed by atoms with van der Waals surface area (Å²) in [4.78, 5) is 21.3. The van der Waals surface area contributed by atoms with Crippen molar-refractivity contribution in [1.29, 1.82) is 5.26 Å². The Morgan fingerprint density at radius 3 is 2.17 bits per heavy atom. The molecule has 0 heterocycles. The van der Waals surface area contributed by atoms with Crippen LogP contribution in [0.3, 0.4) is 0 Å². The SMILES string of the molecule is N#CC(c1ccc(Cl)cc1)c1c(Cl)cc(OC(=O)C=O)cc1Cl. The quantitative estimate of drug-likeness (QED) is 0.347. The molecule has 0 aromatic heterocycles. The number of carbonyl (C=O) groups is 2. The highest BCUT2D eigenvalue weighted by atomic mass is 35.5. The number of benzene rings is 2. The van der Waals surface area contributed by atoms with E-state index < -0.39 is 11.9 Å². The average molecular weight is 369 g/mol. The van der Waals surface area contributed by atoms with Gasteiger partial charge in [0.05, 0.1) is 22.0 Å². The summed E-state index contributed by atoms with van der Waals surface area (Å²) < 4.78 is 4.74. The third kappa shape index (κ3) is 4.02. The molecule has 0 spiro atoms. The molecule has 2 rings (SSSR count). The van der Waals surface area contributed by atoms with Crippen molar-refractivity contribution in [3.8, 4) is 11.8 Å². The van der Waals surface area contributed by atoms with Crippen LogP contribution < -0.4 is 4.74 Å². The Morgan fingerprint density at radius 2 is 1.70 bits per heavy atom. The number of esters is 1. The summed E-state index contributed by atoms with van der Waals surface area (Å²) in [6.45, 7) is 0. The molecule has 0 radical (unpaired) electrons. The number of halogens is 3. The lowest BCUT2D eigenvalue weighted by Crippen LogP contribution is -2.09. The van der Waals surface area contributed by atoms with Crippen molar-refractivity contribution in [2.75, 3.05) is 0 Å². The summed E-state index contributed by atoms with van der Waals surface area (Å²) in [5.74, 6) is -1.77. The van der Waals surface area contributed by atoms with Gasteiger partial charge in [0.2, 0.25) is 6.29 Å². The van der Waals surface area contributed by atoms with Gasteiger partial charge >= 0.3 is 5.97 Å². The van der Waals surface area contributed by atoms with Crippen molar-refractivity contribution >= 4 is 47.1 Å². The molecule has 4 nitrogen and oxygen atoms in total. The number of hydrogen-bond donors (Lipinski definition) is 0. The van der Waals surface area contributed by atoms with E-state index in [-0.39, 0.29) is 22.1 Å². The largest absolute Gasteiger partial charge is 0.421 e. The molecule has 2 aromatic rings. The summed E-state index contributed by atoms with van der Waals surface area (Å²) >= 11 is 18.2. The summed E-state index contributed by atoms with van der Waals surface area (Å²) in [6.07, 6.45) is 0.0293. The topological polar surface area (TPSA) is 67.2 Å². The molecule has 23 heavy (non-hydrogen) atoms. The zero-order valence-electron chi connectivity index (χ0n) is 11.4. The van der Waals surface area contributed by atoms with Crippen molar-refractivity contribution in [1.82, 2.24) is 0 Å². The maximum atomic E-state index is 11.0. The Bertz CT molecular complexity index is 774. The maximum absolute atomic E-state index is 11.0. The van der Waals surface area contributed by atoms with Crippen LogP contribution >= 0.6 is 34.8 Å².